The van der Waals surface area contributed by atoms with Crippen LogP contribution in [-0.4, -0.2) is 62.0 Å². The zero-order valence-corrected chi connectivity index (χ0v) is 18.1. The van der Waals surface area contributed by atoms with E-state index < -0.39 is 0 Å². The number of piperidine rings is 1. The van der Waals surface area contributed by atoms with Gasteiger partial charge in [0.05, 0.1) is 5.69 Å². The van der Waals surface area contributed by atoms with Crippen LogP contribution in [0, 0.1) is 12.8 Å². The van der Waals surface area contributed by atoms with Gasteiger partial charge in [-0.05, 0) is 62.1 Å². The van der Waals surface area contributed by atoms with E-state index in [-0.39, 0.29) is 5.78 Å². The largest absolute Gasteiger partial charge is 0.371 e. The van der Waals surface area contributed by atoms with Crippen molar-refractivity contribution in [3.8, 4) is 0 Å². The zero-order valence-electron chi connectivity index (χ0n) is 18.1. The second-order valence-electron chi connectivity index (χ2n) is 8.96. The molecule has 4 rings (SSSR count). The van der Waals surface area contributed by atoms with Crippen LogP contribution >= 0.6 is 0 Å². The number of likely N-dealkylation sites (N-methyl/N-ethyl adjacent to an activating group) is 1. The highest BCUT2D eigenvalue weighted by atomic mass is 16.1. The summed E-state index contributed by atoms with van der Waals surface area (Å²) in [5.41, 5.74) is 5.51. The van der Waals surface area contributed by atoms with Gasteiger partial charge in [0, 0.05) is 63.3 Å². The third-order valence-corrected chi connectivity index (χ3v) is 6.54. The van der Waals surface area contributed by atoms with Gasteiger partial charge in [0.15, 0.2) is 5.78 Å². The number of Topliss-reactive ketones (excluding diaryl/α,β-unsaturated/α-hetero) is 1. The summed E-state index contributed by atoms with van der Waals surface area (Å²) in [4.78, 5) is 23.4. The smallest absolute Gasteiger partial charge is 0.183 e. The number of H-pyrrole nitrogens is 1. The molecular formula is C24H34N4O. The Hall–Kier alpha value is -2.27. The van der Waals surface area contributed by atoms with Crippen LogP contribution in [0.2, 0.25) is 0 Å². The predicted octanol–water partition coefficient (Wildman–Crippen LogP) is 3.74. The molecule has 2 fully saturated rings. The third kappa shape index (κ3) is 4.67. The molecule has 1 aromatic heterocycles. The van der Waals surface area contributed by atoms with Gasteiger partial charge in [-0.1, -0.05) is 13.0 Å². The molecule has 0 aliphatic carbocycles. The highest BCUT2D eigenvalue weighted by Gasteiger charge is 2.22. The topological polar surface area (TPSA) is 42.6 Å². The molecule has 3 heterocycles. The van der Waals surface area contributed by atoms with Gasteiger partial charge < -0.3 is 19.7 Å². The molecule has 0 unspecified atom stereocenters. The Balaban J connectivity index is 1.59. The van der Waals surface area contributed by atoms with Crippen molar-refractivity contribution in [2.75, 3.05) is 56.1 Å². The molecule has 156 valence electrons. The maximum absolute atomic E-state index is 12.9. The summed E-state index contributed by atoms with van der Waals surface area (Å²) in [5.74, 6) is 0.955. The van der Waals surface area contributed by atoms with E-state index >= 15 is 0 Å². The molecule has 0 saturated carbocycles. The number of aromatic nitrogens is 1. The van der Waals surface area contributed by atoms with Crippen molar-refractivity contribution in [2.45, 2.75) is 33.1 Å². The van der Waals surface area contributed by atoms with Crippen molar-refractivity contribution in [3.63, 3.8) is 0 Å². The van der Waals surface area contributed by atoms with E-state index in [4.69, 9.17) is 0 Å². The molecule has 2 saturated heterocycles. The number of piperazine rings is 1. The number of aryl methyl sites for hydroxylation is 1. The Kier molecular flexibility index (Phi) is 5.95. The Morgan fingerprint density at radius 1 is 1.03 bits per heavy atom. The molecule has 1 N–H and O–H groups in total. The van der Waals surface area contributed by atoms with Gasteiger partial charge >= 0.3 is 0 Å². The molecule has 1 aromatic carbocycles. The van der Waals surface area contributed by atoms with Crippen molar-refractivity contribution in [1.29, 1.82) is 0 Å². The first-order chi connectivity index (χ1) is 14.0. The Labute approximate surface area is 174 Å². The maximum atomic E-state index is 12.9. The van der Waals surface area contributed by atoms with Crippen LogP contribution in [-0.2, 0) is 6.42 Å². The first-order valence-electron chi connectivity index (χ1n) is 11.0. The van der Waals surface area contributed by atoms with Gasteiger partial charge in [0.25, 0.3) is 0 Å². The van der Waals surface area contributed by atoms with Crippen molar-refractivity contribution in [2.24, 2.45) is 5.92 Å². The van der Waals surface area contributed by atoms with E-state index in [1.807, 2.05) is 19.2 Å². The van der Waals surface area contributed by atoms with Crippen molar-refractivity contribution < 1.29 is 4.79 Å². The number of carbonyl (C=O) groups excluding carboxylic acids is 1. The minimum Gasteiger partial charge on any atom is -0.371 e. The van der Waals surface area contributed by atoms with Gasteiger partial charge in [-0.15, -0.1) is 0 Å². The Morgan fingerprint density at radius 3 is 2.41 bits per heavy atom. The highest BCUT2D eigenvalue weighted by molar-refractivity contribution is 5.97. The van der Waals surface area contributed by atoms with E-state index in [0.717, 1.165) is 56.3 Å². The fraction of sp³-hybridized carbons (Fsp3) is 0.542. The second kappa shape index (κ2) is 8.62. The van der Waals surface area contributed by atoms with Crippen molar-refractivity contribution in [3.05, 3.63) is 47.3 Å². The Morgan fingerprint density at radius 2 is 1.76 bits per heavy atom. The fourth-order valence-electron chi connectivity index (χ4n) is 4.44. The average molecular weight is 395 g/mol. The average Bonchev–Trinajstić information content (AvgIpc) is 3.16. The fourth-order valence-corrected chi connectivity index (χ4v) is 4.44. The maximum Gasteiger partial charge on any atom is 0.183 e. The number of anilines is 2. The first-order valence-corrected chi connectivity index (χ1v) is 11.0. The lowest BCUT2D eigenvalue weighted by molar-refractivity contribution is 0.0989. The lowest BCUT2D eigenvalue weighted by Gasteiger charge is -2.37. The number of carbonyl (C=O) groups is 1. The lowest BCUT2D eigenvalue weighted by atomic mass is 9.96. The van der Waals surface area contributed by atoms with E-state index in [1.54, 1.807) is 0 Å². The van der Waals surface area contributed by atoms with Gasteiger partial charge in [-0.25, -0.2) is 0 Å². The van der Waals surface area contributed by atoms with Crippen molar-refractivity contribution >= 4 is 17.2 Å². The van der Waals surface area contributed by atoms with E-state index in [9.17, 15) is 4.79 Å². The summed E-state index contributed by atoms with van der Waals surface area (Å²) in [6, 6.07) is 8.69. The molecule has 0 amide bonds. The van der Waals surface area contributed by atoms with E-state index in [0.29, 0.717) is 12.1 Å². The molecule has 0 atom stereocenters. The standard InChI is InChI=1S/C24H34N4O/c1-18-6-8-28(9-7-18)23-16-21(27-12-10-26(3)11-13-27)5-4-20(23)15-24(29)22-14-19(2)17-25-22/h4-5,14,16-18,25H,6-13,15H2,1-3H3. The van der Waals surface area contributed by atoms with Gasteiger partial charge in [-0.3, -0.25) is 4.79 Å². The molecular weight excluding hydrogens is 360 g/mol. The number of ketones is 1. The molecule has 5 nitrogen and oxygen atoms in total. The van der Waals surface area contributed by atoms with Crippen LogP contribution in [0.5, 0.6) is 0 Å². The minimum absolute atomic E-state index is 0.164. The quantitative estimate of drug-likeness (QED) is 0.785. The van der Waals surface area contributed by atoms with Crippen LogP contribution in [0.1, 0.15) is 41.4 Å². The zero-order chi connectivity index (χ0) is 20.4. The molecule has 2 aliphatic rings. The van der Waals surface area contributed by atoms with Gasteiger partial charge in [0.1, 0.15) is 0 Å². The van der Waals surface area contributed by atoms with Crippen LogP contribution < -0.4 is 9.80 Å². The van der Waals surface area contributed by atoms with Gasteiger partial charge in [0.2, 0.25) is 0 Å². The Bertz CT molecular complexity index is 842. The number of hydrogen-bond donors (Lipinski definition) is 1. The summed E-state index contributed by atoms with van der Waals surface area (Å²) < 4.78 is 0. The summed E-state index contributed by atoms with van der Waals surface area (Å²) in [5, 5.41) is 0. The summed E-state index contributed by atoms with van der Waals surface area (Å²) >= 11 is 0. The minimum atomic E-state index is 0.164. The molecule has 2 aromatic rings. The van der Waals surface area contributed by atoms with E-state index in [2.05, 4.69) is 51.9 Å². The van der Waals surface area contributed by atoms with Crippen LogP contribution in [0.15, 0.2) is 30.5 Å². The number of aromatic amines is 1. The molecule has 2 aliphatic heterocycles. The van der Waals surface area contributed by atoms with Crippen LogP contribution in [0.3, 0.4) is 0 Å². The molecule has 0 radical (unpaired) electrons. The lowest BCUT2D eigenvalue weighted by Crippen LogP contribution is -2.44. The second-order valence-corrected chi connectivity index (χ2v) is 8.96. The SMILES string of the molecule is Cc1c[nH]c(C(=O)Cc2ccc(N3CCN(C)CC3)cc2N2CCC(C)CC2)c1. The monoisotopic (exact) mass is 394 g/mol. The van der Waals surface area contributed by atoms with E-state index in [1.165, 1.54) is 24.2 Å². The highest BCUT2D eigenvalue weighted by Crippen LogP contribution is 2.31. The summed E-state index contributed by atoms with van der Waals surface area (Å²) in [6.07, 6.45) is 4.80. The van der Waals surface area contributed by atoms with Crippen LogP contribution in [0.25, 0.3) is 0 Å². The first kappa shape index (κ1) is 20.0. The number of nitrogens with one attached hydrogen (secondary N) is 1. The van der Waals surface area contributed by atoms with Gasteiger partial charge in [-0.2, -0.15) is 0 Å². The molecule has 0 spiro atoms. The third-order valence-electron chi connectivity index (χ3n) is 6.54. The number of benzene rings is 1. The predicted molar refractivity (Wildman–Crippen MR) is 120 cm³/mol. The molecule has 0 bridgehead atoms. The number of hydrogen-bond acceptors (Lipinski definition) is 4. The number of nitrogens with zero attached hydrogens (tertiary/aromatic N) is 3. The normalized spacial score (nSPS) is 19.0. The summed E-state index contributed by atoms with van der Waals surface area (Å²) in [7, 11) is 2.19. The number of rotatable bonds is 5. The molecule has 5 heteroatoms. The molecule has 29 heavy (non-hydrogen) atoms. The summed E-state index contributed by atoms with van der Waals surface area (Å²) in [6.45, 7) is 10.8. The van der Waals surface area contributed by atoms with Crippen LogP contribution in [0.4, 0.5) is 11.4 Å². The van der Waals surface area contributed by atoms with Crippen molar-refractivity contribution in [1.82, 2.24) is 9.88 Å².